The summed E-state index contributed by atoms with van der Waals surface area (Å²) < 4.78 is 13.2. The number of nitrogens with one attached hydrogen (secondary N) is 2. The first kappa shape index (κ1) is 11.1. The number of nitrogens with zero attached hydrogens (tertiary/aromatic N) is 1. The van der Waals surface area contributed by atoms with Gasteiger partial charge in [-0.1, -0.05) is 0 Å². The number of hydrogen-bond acceptors (Lipinski definition) is 3. The molecule has 0 saturated heterocycles. The number of carbonyl (C=O) groups is 1. The summed E-state index contributed by atoms with van der Waals surface area (Å²) in [6.07, 6.45) is 1.58. The van der Waals surface area contributed by atoms with E-state index in [1.54, 1.807) is 13.1 Å². The van der Waals surface area contributed by atoms with Crippen LogP contribution in [0.4, 0.5) is 15.9 Å². The van der Waals surface area contributed by atoms with Crippen LogP contribution in [0, 0.1) is 12.7 Å². The Bertz CT molecular complexity index is 564. The van der Waals surface area contributed by atoms with Gasteiger partial charge in [-0.05, 0) is 25.1 Å². The predicted molar refractivity (Wildman–Crippen MR) is 62.1 cm³/mol. The van der Waals surface area contributed by atoms with Crippen molar-refractivity contribution in [2.75, 3.05) is 11.1 Å². The summed E-state index contributed by atoms with van der Waals surface area (Å²) in [7, 11) is 0. The quantitative estimate of drug-likeness (QED) is 0.691. The molecule has 4 N–H and O–H groups in total. The SMILES string of the molecule is Cc1cn[nH]c1NC(=O)c1ccc(N)c(F)c1. The zero-order valence-corrected chi connectivity index (χ0v) is 9.12. The van der Waals surface area contributed by atoms with E-state index in [2.05, 4.69) is 15.5 Å². The van der Waals surface area contributed by atoms with Gasteiger partial charge in [0, 0.05) is 11.1 Å². The number of aryl methyl sites for hydroxylation is 1. The summed E-state index contributed by atoms with van der Waals surface area (Å²) in [5, 5.41) is 8.99. The van der Waals surface area contributed by atoms with Crippen LogP contribution < -0.4 is 11.1 Å². The highest BCUT2D eigenvalue weighted by Crippen LogP contribution is 2.14. The molecule has 0 bridgehead atoms. The van der Waals surface area contributed by atoms with Crippen LogP contribution >= 0.6 is 0 Å². The lowest BCUT2D eigenvalue weighted by Crippen LogP contribution is -2.13. The van der Waals surface area contributed by atoms with E-state index in [0.29, 0.717) is 5.82 Å². The van der Waals surface area contributed by atoms with Crippen LogP contribution in [0.5, 0.6) is 0 Å². The number of benzene rings is 1. The Kier molecular flexibility index (Phi) is 2.78. The Morgan fingerprint density at radius 3 is 2.88 bits per heavy atom. The summed E-state index contributed by atoms with van der Waals surface area (Å²) in [6, 6.07) is 3.90. The summed E-state index contributed by atoms with van der Waals surface area (Å²) in [6.45, 7) is 1.79. The van der Waals surface area contributed by atoms with E-state index in [1.807, 2.05) is 0 Å². The molecular formula is C11H11FN4O. The number of hydrogen-bond donors (Lipinski definition) is 3. The molecule has 0 atom stereocenters. The minimum atomic E-state index is -0.612. The number of aromatic amines is 1. The molecule has 0 saturated carbocycles. The maximum Gasteiger partial charge on any atom is 0.256 e. The second-order valence-electron chi connectivity index (χ2n) is 3.62. The molecule has 0 spiro atoms. The third kappa shape index (κ3) is 2.25. The monoisotopic (exact) mass is 234 g/mol. The number of H-pyrrole nitrogens is 1. The lowest BCUT2D eigenvalue weighted by molar-refractivity contribution is 0.102. The Balaban J connectivity index is 2.20. The molecular weight excluding hydrogens is 223 g/mol. The number of amides is 1. The molecule has 17 heavy (non-hydrogen) atoms. The van der Waals surface area contributed by atoms with Crippen LogP contribution in [-0.4, -0.2) is 16.1 Å². The molecule has 88 valence electrons. The largest absolute Gasteiger partial charge is 0.396 e. The third-order valence-electron chi connectivity index (χ3n) is 2.33. The maximum atomic E-state index is 13.2. The normalized spacial score (nSPS) is 10.2. The molecule has 0 aliphatic heterocycles. The second kappa shape index (κ2) is 4.25. The molecule has 0 aliphatic rings. The zero-order chi connectivity index (χ0) is 12.4. The summed E-state index contributed by atoms with van der Waals surface area (Å²) in [4.78, 5) is 11.8. The first-order chi connectivity index (χ1) is 8.08. The smallest absolute Gasteiger partial charge is 0.256 e. The Labute approximate surface area is 96.8 Å². The Morgan fingerprint density at radius 1 is 1.53 bits per heavy atom. The van der Waals surface area contributed by atoms with Crippen LogP contribution in [-0.2, 0) is 0 Å². The van der Waals surface area contributed by atoms with Gasteiger partial charge in [0.05, 0.1) is 11.9 Å². The van der Waals surface area contributed by atoms with Gasteiger partial charge in [0.2, 0.25) is 0 Å². The van der Waals surface area contributed by atoms with Crippen molar-refractivity contribution in [3.05, 3.63) is 41.3 Å². The van der Waals surface area contributed by atoms with E-state index in [1.165, 1.54) is 12.1 Å². The van der Waals surface area contributed by atoms with Crippen molar-refractivity contribution in [3.8, 4) is 0 Å². The van der Waals surface area contributed by atoms with Crippen LogP contribution in [0.15, 0.2) is 24.4 Å². The van der Waals surface area contributed by atoms with E-state index in [0.717, 1.165) is 11.6 Å². The van der Waals surface area contributed by atoms with Crippen molar-refractivity contribution in [2.45, 2.75) is 6.92 Å². The van der Waals surface area contributed by atoms with Crippen LogP contribution in [0.2, 0.25) is 0 Å². The Hall–Kier alpha value is -2.37. The topological polar surface area (TPSA) is 83.8 Å². The van der Waals surface area contributed by atoms with Gasteiger partial charge in [-0.3, -0.25) is 9.89 Å². The van der Waals surface area contributed by atoms with Crippen molar-refractivity contribution >= 4 is 17.4 Å². The molecule has 1 aromatic carbocycles. The summed E-state index contributed by atoms with van der Waals surface area (Å²) >= 11 is 0. The first-order valence-electron chi connectivity index (χ1n) is 4.94. The highest BCUT2D eigenvalue weighted by Gasteiger charge is 2.10. The lowest BCUT2D eigenvalue weighted by Gasteiger charge is -2.04. The number of nitrogens with two attached hydrogens (primary N) is 1. The standard InChI is InChI=1S/C11H11FN4O/c1-6-5-14-16-10(6)15-11(17)7-2-3-9(13)8(12)4-7/h2-5H,13H2,1H3,(H2,14,15,16,17). The number of rotatable bonds is 2. The fourth-order valence-electron chi connectivity index (χ4n) is 1.33. The number of anilines is 2. The molecule has 2 aromatic rings. The van der Waals surface area contributed by atoms with Gasteiger partial charge in [0.15, 0.2) is 0 Å². The van der Waals surface area contributed by atoms with Gasteiger partial charge in [-0.25, -0.2) is 4.39 Å². The van der Waals surface area contributed by atoms with Crippen LogP contribution in [0.25, 0.3) is 0 Å². The lowest BCUT2D eigenvalue weighted by atomic mass is 10.2. The second-order valence-corrected chi connectivity index (χ2v) is 3.62. The summed E-state index contributed by atoms with van der Waals surface area (Å²) in [5.74, 6) is -0.539. The fourth-order valence-corrected chi connectivity index (χ4v) is 1.33. The molecule has 6 heteroatoms. The molecule has 5 nitrogen and oxygen atoms in total. The molecule has 1 aromatic heterocycles. The first-order valence-corrected chi connectivity index (χ1v) is 4.94. The van der Waals surface area contributed by atoms with E-state index >= 15 is 0 Å². The summed E-state index contributed by atoms with van der Waals surface area (Å²) in [5.41, 5.74) is 6.34. The van der Waals surface area contributed by atoms with Crippen molar-refractivity contribution in [2.24, 2.45) is 0 Å². The fraction of sp³-hybridized carbons (Fsp3) is 0.0909. The van der Waals surface area contributed by atoms with Gasteiger partial charge in [-0.2, -0.15) is 5.10 Å². The average molecular weight is 234 g/mol. The van der Waals surface area contributed by atoms with Crippen molar-refractivity contribution in [1.82, 2.24) is 10.2 Å². The van der Waals surface area contributed by atoms with Crippen molar-refractivity contribution < 1.29 is 9.18 Å². The third-order valence-corrected chi connectivity index (χ3v) is 2.33. The highest BCUT2D eigenvalue weighted by atomic mass is 19.1. The molecule has 1 heterocycles. The van der Waals surface area contributed by atoms with E-state index < -0.39 is 11.7 Å². The zero-order valence-electron chi connectivity index (χ0n) is 9.12. The number of carbonyl (C=O) groups excluding carboxylic acids is 1. The Morgan fingerprint density at radius 2 is 2.29 bits per heavy atom. The van der Waals surface area contributed by atoms with Gasteiger partial charge in [0.1, 0.15) is 11.6 Å². The average Bonchev–Trinajstić information content (AvgIpc) is 2.68. The predicted octanol–water partition coefficient (Wildman–Crippen LogP) is 1.69. The molecule has 0 unspecified atom stereocenters. The highest BCUT2D eigenvalue weighted by molar-refractivity contribution is 6.04. The van der Waals surface area contributed by atoms with Crippen LogP contribution in [0.3, 0.4) is 0 Å². The van der Waals surface area contributed by atoms with Crippen molar-refractivity contribution in [3.63, 3.8) is 0 Å². The minimum absolute atomic E-state index is 0.0132. The van der Waals surface area contributed by atoms with Gasteiger partial charge in [-0.15, -0.1) is 0 Å². The molecule has 0 radical (unpaired) electrons. The number of nitrogen functional groups attached to an aromatic ring is 1. The van der Waals surface area contributed by atoms with E-state index in [-0.39, 0.29) is 11.3 Å². The molecule has 2 rings (SSSR count). The van der Waals surface area contributed by atoms with E-state index in [4.69, 9.17) is 5.73 Å². The molecule has 0 fully saturated rings. The molecule has 0 aliphatic carbocycles. The maximum absolute atomic E-state index is 13.2. The van der Waals surface area contributed by atoms with Gasteiger partial charge in [0.25, 0.3) is 5.91 Å². The van der Waals surface area contributed by atoms with Crippen molar-refractivity contribution in [1.29, 1.82) is 0 Å². The number of aromatic nitrogens is 2. The van der Waals surface area contributed by atoms with Crippen LogP contribution in [0.1, 0.15) is 15.9 Å². The van der Waals surface area contributed by atoms with Gasteiger partial charge >= 0.3 is 0 Å². The minimum Gasteiger partial charge on any atom is -0.396 e. The van der Waals surface area contributed by atoms with E-state index in [9.17, 15) is 9.18 Å². The van der Waals surface area contributed by atoms with Gasteiger partial charge < -0.3 is 11.1 Å². The number of halogens is 1. The molecule has 1 amide bonds.